The normalized spacial score (nSPS) is 10.2. The SMILES string of the molecule is COC(=O)c1ccc(N=CC=S)o1. The second kappa shape index (κ2) is 4.51. The molecule has 0 unspecified atom stereocenters. The van der Waals surface area contributed by atoms with E-state index in [1.165, 1.54) is 24.8 Å². The molecule has 68 valence electrons. The lowest BCUT2D eigenvalue weighted by molar-refractivity contribution is 0.0566. The molecule has 0 saturated heterocycles. The highest BCUT2D eigenvalue weighted by Crippen LogP contribution is 2.16. The molecule has 0 aromatic carbocycles. The zero-order chi connectivity index (χ0) is 9.68. The van der Waals surface area contributed by atoms with Crippen molar-refractivity contribution >= 4 is 35.7 Å². The highest BCUT2D eigenvalue weighted by Gasteiger charge is 2.09. The van der Waals surface area contributed by atoms with Crippen LogP contribution in [0.3, 0.4) is 0 Å². The topological polar surface area (TPSA) is 51.8 Å². The Balaban J connectivity index is 2.80. The second-order valence-electron chi connectivity index (χ2n) is 2.04. The number of hydrogen-bond acceptors (Lipinski definition) is 5. The van der Waals surface area contributed by atoms with Gasteiger partial charge >= 0.3 is 5.97 Å². The molecular weight excluding hydrogens is 190 g/mol. The van der Waals surface area contributed by atoms with Crippen molar-refractivity contribution < 1.29 is 13.9 Å². The average molecular weight is 197 g/mol. The molecule has 5 heteroatoms. The molecule has 0 aliphatic rings. The lowest BCUT2D eigenvalue weighted by atomic mass is 10.4. The highest BCUT2D eigenvalue weighted by atomic mass is 32.1. The Morgan fingerprint density at radius 2 is 2.46 bits per heavy atom. The van der Waals surface area contributed by atoms with Gasteiger partial charge in [0, 0.05) is 17.6 Å². The Morgan fingerprint density at radius 1 is 1.69 bits per heavy atom. The number of furan rings is 1. The van der Waals surface area contributed by atoms with Gasteiger partial charge in [0.05, 0.1) is 7.11 Å². The summed E-state index contributed by atoms with van der Waals surface area (Å²) in [6.07, 6.45) is 1.40. The van der Waals surface area contributed by atoms with E-state index in [-0.39, 0.29) is 5.76 Å². The molecule has 1 rings (SSSR count). The maximum absolute atomic E-state index is 10.9. The molecule has 0 spiro atoms. The van der Waals surface area contributed by atoms with Crippen molar-refractivity contribution in [2.45, 2.75) is 0 Å². The molecule has 0 aliphatic heterocycles. The molecule has 0 amide bonds. The first kappa shape index (κ1) is 9.60. The standard InChI is InChI=1S/C8H7NO3S/c1-11-8(10)6-2-3-7(12-6)9-4-5-13/h2-5H,1H3. The van der Waals surface area contributed by atoms with Crippen molar-refractivity contribution in [1.29, 1.82) is 0 Å². The van der Waals surface area contributed by atoms with Gasteiger partial charge in [-0.05, 0) is 6.07 Å². The average Bonchev–Trinajstić information content (AvgIpc) is 2.62. The predicted octanol–water partition coefficient (Wildman–Crippen LogP) is 1.77. The van der Waals surface area contributed by atoms with Gasteiger partial charge in [0.2, 0.25) is 11.6 Å². The van der Waals surface area contributed by atoms with Crippen LogP contribution in [0.1, 0.15) is 10.6 Å². The number of esters is 1. The number of methoxy groups -OCH3 is 1. The largest absolute Gasteiger partial charge is 0.463 e. The molecule has 13 heavy (non-hydrogen) atoms. The fourth-order valence-electron chi connectivity index (χ4n) is 0.711. The summed E-state index contributed by atoms with van der Waals surface area (Å²) >= 11 is 4.52. The number of hydrogen-bond donors (Lipinski definition) is 0. The van der Waals surface area contributed by atoms with E-state index >= 15 is 0 Å². The Morgan fingerprint density at radius 3 is 3.08 bits per heavy atom. The first-order valence-corrected chi connectivity index (χ1v) is 3.91. The van der Waals surface area contributed by atoms with Gasteiger partial charge in [-0.1, -0.05) is 12.2 Å². The fourth-order valence-corrected chi connectivity index (χ4v) is 0.772. The number of thiocarbonyl (C=S) groups is 1. The van der Waals surface area contributed by atoms with Gasteiger partial charge in [-0.15, -0.1) is 0 Å². The predicted molar refractivity (Wildman–Crippen MR) is 51.9 cm³/mol. The van der Waals surface area contributed by atoms with Crippen molar-refractivity contribution in [3.63, 3.8) is 0 Å². The molecule has 0 saturated carbocycles. The van der Waals surface area contributed by atoms with Gasteiger partial charge in [0.1, 0.15) is 0 Å². The summed E-state index contributed by atoms with van der Waals surface area (Å²) < 4.78 is 9.44. The minimum atomic E-state index is -0.524. The van der Waals surface area contributed by atoms with Crippen LogP contribution in [-0.2, 0) is 4.74 Å². The summed E-state index contributed by atoms with van der Waals surface area (Å²) in [6.45, 7) is 0. The number of rotatable bonds is 3. The van der Waals surface area contributed by atoms with Crippen LogP contribution in [0.4, 0.5) is 5.88 Å². The molecule has 0 N–H and O–H groups in total. The maximum atomic E-state index is 10.9. The molecule has 0 bridgehead atoms. The lowest BCUT2D eigenvalue weighted by Crippen LogP contribution is -1.97. The van der Waals surface area contributed by atoms with E-state index in [2.05, 4.69) is 21.9 Å². The summed E-state index contributed by atoms with van der Waals surface area (Å²) in [5, 5.41) is 1.35. The van der Waals surface area contributed by atoms with Crippen molar-refractivity contribution in [2.24, 2.45) is 4.99 Å². The molecule has 1 aromatic rings. The summed E-state index contributed by atoms with van der Waals surface area (Å²) in [4.78, 5) is 14.7. The van der Waals surface area contributed by atoms with Crippen LogP contribution >= 0.6 is 12.2 Å². The summed E-state index contributed by atoms with van der Waals surface area (Å²) in [5.74, 6) is -0.0793. The molecule has 1 aromatic heterocycles. The highest BCUT2D eigenvalue weighted by molar-refractivity contribution is 7.80. The Kier molecular flexibility index (Phi) is 3.33. The van der Waals surface area contributed by atoms with Crippen LogP contribution < -0.4 is 0 Å². The van der Waals surface area contributed by atoms with E-state index in [9.17, 15) is 4.79 Å². The molecule has 0 atom stereocenters. The van der Waals surface area contributed by atoms with E-state index in [0.29, 0.717) is 5.88 Å². The molecular formula is C8H7NO3S. The van der Waals surface area contributed by atoms with Crippen molar-refractivity contribution in [3.8, 4) is 0 Å². The lowest BCUT2D eigenvalue weighted by Gasteiger charge is -1.91. The first-order valence-electron chi connectivity index (χ1n) is 3.44. The van der Waals surface area contributed by atoms with E-state index in [0.717, 1.165) is 0 Å². The Bertz CT molecular complexity index is 343. The van der Waals surface area contributed by atoms with Crippen molar-refractivity contribution in [1.82, 2.24) is 0 Å². The van der Waals surface area contributed by atoms with Crippen LogP contribution in [-0.4, -0.2) is 24.7 Å². The third-order valence-electron chi connectivity index (χ3n) is 1.24. The zero-order valence-corrected chi connectivity index (χ0v) is 7.71. The van der Waals surface area contributed by atoms with Gasteiger partial charge in [-0.25, -0.2) is 9.79 Å². The summed E-state index contributed by atoms with van der Waals surface area (Å²) in [5.41, 5.74) is 0. The number of ether oxygens (including phenoxy) is 1. The number of carbonyl (C=O) groups is 1. The van der Waals surface area contributed by atoms with Gasteiger partial charge in [0.15, 0.2) is 0 Å². The molecule has 4 nitrogen and oxygen atoms in total. The fraction of sp³-hybridized carbons (Fsp3) is 0.125. The van der Waals surface area contributed by atoms with E-state index in [1.54, 1.807) is 6.07 Å². The van der Waals surface area contributed by atoms with Gasteiger partial charge in [-0.2, -0.15) is 0 Å². The minimum Gasteiger partial charge on any atom is -0.463 e. The third kappa shape index (κ3) is 2.48. The van der Waals surface area contributed by atoms with Gasteiger partial charge in [0.25, 0.3) is 0 Å². The van der Waals surface area contributed by atoms with E-state index in [4.69, 9.17) is 4.42 Å². The minimum absolute atomic E-state index is 0.124. The summed E-state index contributed by atoms with van der Waals surface area (Å²) in [6, 6.07) is 3.05. The van der Waals surface area contributed by atoms with Crippen molar-refractivity contribution in [3.05, 3.63) is 17.9 Å². The monoisotopic (exact) mass is 197 g/mol. The second-order valence-corrected chi connectivity index (χ2v) is 2.32. The molecule has 0 fully saturated rings. The quantitative estimate of drug-likeness (QED) is 0.421. The number of carbonyl (C=O) groups excluding carboxylic acids is 1. The van der Waals surface area contributed by atoms with Gasteiger partial charge in [-0.3, -0.25) is 0 Å². The number of nitrogens with zero attached hydrogens (tertiary/aromatic N) is 1. The smallest absolute Gasteiger partial charge is 0.374 e. The maximum Gasteiger partial charge on any atom is 0.374 e. The van der Waals surface area contributed by atoms with E-state index in [1.807, 2.05) is 0 Å². The Hall–Kier alpha value is -1.49. The number of aliphatic imine (C=N–C) groups is 1. The molecule has 0 aliphatic carbocycles. The molecule has 1 heterocycles. The Labute approximate surface area is 80.2 Å². The third-order valence-corrected chi connectivity index (χ3v) is 1.36. The van der Waals surface area contributed by atoms with Crippen LogP contribution in [0.2, 0.25) is 0 Å². The van der Waals surface area contributed by atoms with Crippen LogP contribution in [0.5, 0.6) is 0 Å². The van der Waals surface area contributed by atoms with Crippen LogP contribution in [0, 0.1) is 0 Å². The van der Waals surface area contributed by atoms with Crippen LogP contribution in [0.15, 0.2) is 21.5 Å². The summed E-state index contributed by atoms with van der Waals surface area (Å²) in [7, 11) is 1.28. The van der Waals surface area contributed by atoms with Crippen molar-refractivity contribution in [2.75, 3.05) is 7.11 Å². The molecule has 0 radical (unpaired) electrons. The van der Waals surface area contributed by atoms with E-state index < -0.39 is 5.97 Å². The van der Waals surface area contributed by atoms with Crippen LogP contribution in [0.25, 0.3) is 0 Å². The van der Waals surface area contributed by atoms with Gasteiger partial charge < -0.3 is 9.15 Å². The first-order chi connectivity index (χ1) is 6.27. The zero-order valence-electron chi connectivity index (χ0n) is 6.89.